The number of hydrogen-bond acceptors (Lipinski definition) is 6. The molecule has 0 saturated carbocycles. The van der Waals surface area contributed by atoms with E-state index < -0.39 is 11.3 Å². The van der Waals surface area contributed by atoms with Crippen LogP contribution in [0, 0.1) is 0 Å². The average Bonchev–Trinajstić information content (AvgIpc) is 2.71. The van der Waals surface area contributed by atoms with Gasteiger partial charge in [0.05, 0.1) is 0 Å². The van der Waals surface area contributed by atoms with Crippen molar-refractivity contribution >= 4 is 33.5 Å². The Morgan fingerprint density at radius 1 is 0.903 bits per heavy atom. The Morgan fingerprint density at radius 3 is 2.26 bits per heavy atom. The zero-order valence-electron chi connectivity index (χ0n) is 17.2. The van der Waals surface area contributed by atoms with Crippen LogP contribution in [0.5, 0.6) is 5.75 Å². The number of carbonyl (C=O) groups is 1. The van der Waals surface area contributed by atoms with Gasteiger partial charge in [-0.3, -0.25) is 4.79 Å². The summed E-state index contributed by atoms with van der Waals surface area (Å²) in [7, 11) is 0. The van der Waals surface area contributed by atoms with Gasteiger partial charge < -0.3 is 18.9 Å². The standard InChI is InChI=1S/C24H21NO6/c1-3-4-15-9-23(27)31-22-12-18(6-8-19(15)22)29-13-16-10-24(28)30-21-11-17(25-14(2)26)5-7-20(16)21/h5-12H,3-4,13H2,1-2H3,(H,25,26). The van der Waals surface area contributed by atoms with Gasteiger partial charge >= 0.3 is 11.3 Å². The molecule has 0 unspecified atom stereocenters. The zero-order valence-corrected chi connectivity index (χ0v) is 17.2. The van der Waals surface area contributed by atoms with E-state index in [0.29, 0.717) is 33.6 Å². The minimum Gasteiger partial charge on any atom is -0.489 e. The third-order valence-electron chi connectivity index (χ3n) is 4.87. The summed E-state index contributed by atoms with van der Waals surface area (Å²) in [5.74, 6) is 0.298. The van der Waals surface area contributed by atoms with E-state index in [1.165, 1.54) is 19.1 Å². The normalized spacial score (nSPS) is 11.0. The second kappa shape index (κ2) is 8.47. The number of carbonyl (C=O) groups excluding carboxylic acids is 1. The van der Waals surface area contributed by atoms with Gasteiger partial charge in [-0.15, -0.1) is 0 Å². The summed E-state index contributed by atoms with van der Waals surface area (Å²) in [6, 6.07) is 13.4. The highest BCUT2D eigenvalue weighted by molar-refractivity contribution is 5.92. The van der Waals surface area contributed by atoms with Crippen LogP contribution >= 0.6 is 0 Å². The molecule has 2 aromatic heterocycles. The topological polar surface area (TPSA) is 98.8 Å². The van der Waals surface area contributed by atoms with E-state index in [4.69, 9.17) is 13.6 Å². The fraction of sp³-hybridized carbons (Fsp3) is 0.208. The minimum atomic E-state index is -0.514. The Kier molecular flexibility index (Phi) is 5.58. The largest absolute Gasteiger partial charge is 0.489 e. The Morgan fingerprint density at radius 2 is 1.55 bits per heavy atom. The van der Waals surface area contributed by atoms with Crippen molar-refractivity contribution in [3.05, 3.63) is 80.5 Å². The quantitative estimate of drug-likeness (QED) is 0.466. The predicted octanol–water partition coefficient (Wildman–Crippen LogP) is 4.39. The van der Waals surface area contributed by atoms with Crippen LogP contribution in [0.3, 0.4) is 0 Å². The van der Waals surface area contributed by atoms with Crippen molar-refractivity contribution in [2.45, 2.75) is 33.3 Å². The van der Waals surface area contributed by atoms with Crippen molar-refractivity contribution in [1.82, 2.24) is 0 Å². The molecule has 0 aliphatic carbocycles. The molecule has 0 bridgehead atoms. The molecule has 0 radical (unpaired) electrons. The van der Waals surface area contributed by atoms with Crippen LogP contribution < -0.4 is 21.3 Å². The van der Waals surface area contributed by atoms with Crippen LogP contribution in [-0.4, -0.2) is 5.91 Å². The lowest BCUT2D eigenvalue weighted by molar-refractivity contribution is -0.114. The van der Waals surface area contributed by atoms with Gasteiger partial charge in [-0.05, 0) is 36.2 Å². The van der Waals surface area contributed by atoms with E-state index in [-0.39, 0.29) is 12.5 Å². The van der Waals surface area contributed by atoms with Crippen LogP contribution in [-0.2, 0) is 17.8 Å². The Labute approximate surface area is 177 Å². The number of anilines is 1. The van der Waals surface area contributed by atoms with E-state index >= 15 is 0 Å². The first kappa shape index (κ1) is 20.4. The summed E-state index contributed by atoms with van der Waals surface area (Å²) in [5.41, 5.74) is 2.03. The van der Waals surface area contributed by atoms with Gasteiger partial charge in [-0.1, -0.05) is 13.3 Å². The van der Waals surface area contributed by atoms with Crippen molar-refractivity contribution in [3.63, 3.8) is 0 Å². The van der Waals surface area contributed by atoms with E-state index in [0.717, 1.165) is 23.8 Å². The molecule has 1 amide bonds. The molecule has 7 heteroatoms. The maximum Gasteiger partial charge on any atom is 0.336 e. The summed E-state index contributed by atoms with van der Waals surface area (Å²) < 4.78 is 16.5. The van der Waals surface area contributed by atoms with Crippen molar-refractivity contribution < 1.29 is 18.4 Å². The number of aryl methyl sites for hydroxylation is 1. The third-order valence-corrected chi connectivity index (χ3v) is 4.87. The van der Waals surface area contributed by atoms with Gasteiger partial charge in [-0.2, -0.15) is 0 Å². The van der Waals surface area contributed by atoms with Crippen molar-refractivity contribution in [1.29, 1.82) is 0 Å². The fourth-order valence-corrected chi connectivity index (χ4v) is 3.57. The minimum absolute atomic E-state index is 0.117. The average molecular weight is 419 g/mol. The monoisotopic (exact) mass is 419 g/mol. The molecule has 158 valence electrons. The number of hydrogen-bond donors (Lipinski definition) is 1. The maximum absolute atomic E-state index is 12.0. The highest BCUT2D eigenvalue weighted by Crippen LogP contribution is 2.26. The van der Waals surface area contributed by atoms with Gasteiger partial charge in [0.25, 0.3) is 0 Å². The van der Waals surface area contributed by atoms with Gasteiger partial charge in [0.2, 0.25) is 5.91 Å². The van der Waals surface area contributed by atoms with Gasteiger partial charge in [0, 0.05) is 53.2 Å². The molecule has 2 aromatic carbocycles. The second-order valence-electron chi connectivity index (χ2n) is 7.27. The smallest absolute Gasteiger partial charge is 0.336 e. The first-order valence-electron chi connectivity index (χ1n) is 9.97. The third kappa shape index (κ3) is 4.50. The molecule has 0 aliphatic rings. The van der Waals surface area contributed by atoms with Crippen molar-refractivity contribution in [3.8, 4) is 5.75 Å². The van der Waals surface area contributed by atoms with Crippen LogP contribution in [0.25, 0.3) is 21.9 Å². The number of ether oxygens (including phenoxy) is 1. The number of amides is 1. The van der Waals surface area contributed by atoms with Crippen LogP contribution in [0.15, 0.2) is 67.0 Å². The molecule has 0 atom stereocenters. The first-order chi connectivity index (χ1) is 14.9. The van der Waals surface area contributed by atoms with E-state index in [2.05, 4.69) is 12.2 Å². The molecule has 31 heavy (non-hydrogen) atoms. The number of benzene rings is 2. The molecule has 0 fully saturated rings. The highest BCUT2D eigenvalue weighted by Gasteiger charge is 2.10. The molecule has 2 heterocycles. The van der Waals surface area contributed by atoms with Crippen LogP contribution in [0.1, 0.15) is 31.4 Å². The van der Waals surface area contributed by atoms with E-state index in [9.17, 15) is 14.4 Å². The Hall–Kier alpha value is -3.87. The molecule has 0 saturated heterocycles. The summed E-state index contributed by atoms with van der Waals surface area (Å²) in [4.78, 5) is 35.1. The lowest BCUT2D eigenvalue weighted by Crippen LogP contribution is -2.07. The predicted molar refractivity (Wildman–Crippen MR) is 118 cm³/mol. The Balaban J connectivity index is 1.64. The summed E-state index contributed by atoms with van der Waals surface area (Å²) in [6.07, 6.45) is 1.71. The van der Waals surface area contributed by atoms with Crippen LogP contribution in [0.4, 0.5) is 5.69 Å². The van der Waals surface area contributed by atoms with E-state index in [1.54, 1.807) is 24.3 Å². The van der Waals surface area contributed by atoms with Gasteiger partial charge in [0.15, 0.2) is 0 Å². The van der Waals surface area contributed by atoms with Gasteiger partial charge in [-0.25, -0.2) is 9.59 Å². The lowest BCUT2D eigenvalue weighted by atomic mass is 10.1. The van der Waals surface area contributed by atoms with Crippen molar-refractivity contribution in [2.75, 3.05) is 5.32 Å². The molecule has 7 nitrogen and oxygen atoms in total. The molecule has 0 spiro atoms. The first-order valence-corrected chi connectivity index (χ1v) is 9.97. The lowest BCUT2D eigenvalue weighted by Gasteiger charge is -2.10. The van der Waals surface area contributed by atoms with Gasteiger partial charge in [0.1, 0.15) is 23.5 Å². The second-order valence-corrected chi connectivity index (χ2v) is 7.27. The van der Waals surface area contributed by atoms with Crippen LogP contribution in [0.2, 0.25) is 0 Å². The number of fused-ring (bicyclic) bond motifs is 2. The summed E-state index contributed by atoms with van der Waals surface area (Å²) in [5, 5.41) is 4.24. The maximum atomic E-state index is 12.0. The molecular formula is C24H21NO6. The SMILES string of the molecule is CCCc1cc(=O)oc2cc(OCc3cc(=O)oc4cc(NC(C)=O)ccc34)ccc12. The Bertz CT molecular complexity index is 1400. The number of nitrogens with one attached hydrogen (secondary N) is 1. The van der Waals surface area contributed by atoms with E-state index in [1.807, 2.05) is 12.1 Å². The zero-order chi connectivity index (χ0) is 22.0. The molecular weight excluding hydrogens is 398 g/mol. The summed E-state index contributed by atoms with van der Waals surface area (Å²) >= 11 is 0. The molecule has 1 N–H and O–H groups in total. The molecule has 4 rings (SSSR count). The molecule has 4 aromatic rings. The molecule has 0 aliphatic heterocycles. The van der Waals surface area contributed by atoms with Crippen molar-refractivity contribution in [2.24, 2.45) is 0 Å². The number of rotatable bonds is 6. The fourth-order valence-electron chi connectivity index (χ4n) is 3.57. The highest BCUT2D eigenvalue weighted by atomic mass is 16.5. The summed E-state index contributed by atoms with van der Waals surface area (Å²) in [6.45, 7) is 3.57.